The van der Waals surface area contributed by atoms with Gasteiger partial charge in [-0.1, -0.05) is 49.7 Å². The molecule has 3 aromatic rings. The van der Waals surface area contributed by atoms with Gasteiger partial charge in [0.05, 0.1) is 27.7 Å². The summed E-state index contributed by atoms with van der Waals surface area (Å²) < 4.78 is 16.7. The molecule has 11 heteroatoms. The third-order valence-electron chi connectivity index (χ3n) is 8.67. The first-order valence-electron chi connectivity index (χ1n) is 14.5. The van der Waals surface area contributed by atoms with Crippen LogP contribution in [0.3, 0.4) is 0 Å². The van der Waals surface area contributed by atoms with Crippen LogP contribution in [0.15, 0.2) is 53.4 Å². The number of hydrogen-bond acceptors (Lipinski definition) is 7. The summed E-state index contributed by atoms with van der Waals surface area (Å²) in [6.07, 6.45) is 3.40. The fourth-order valence-corrected chi connectivity index (χ4v) is 7.09. The van der Waals surface area contributed by atoms with E-state index >= 15 is 4.39 Å². The quantitative estimate of drug-likeness (QED) is 0.321. The fourth-order valence-electron chi connectivity index (χ4n) is 6.84. The maximum atomic E-state index is 15.1. The SMILES string of the molecule is C=CC(=O)N1[C@H](C)CN(c2nc(=O)n([C@H]3C(C)=CCN(C)C3C(C)C)c3nc(-c4c(O)cccc4F)c(Cl)cc23)C[C@@H]1C. The van der Waals surface area contributed by atoms with Crippen molar-refractivity contribution in [1.82, 2.24) is 24.3 Å². The molecule has 4 atom stereocenters. The molecule has 4 heterocycles. The van der Waals surface area contributed by atoms with Crippen LogP contribution in [0, 0.1) is 11.7 Å². The predicted octanol–water partition coefficient (Wildman–Crippen LogP) is 5.03. The standard InChI is InChI=1S/C32H38ClFN6O3/c1-8-25(42)39-19(5)15-38(16-20(39)6)30-21-14-22(33)27(26-23(34)10-9-11-24(26)41)35-31(21)40(32(43)36-30)29-18(4)12-13-37(7)28(29)17(2)3/h8-12,14,17,19-20,28-29,41H,1,13,15-16H2,2-7H3/t19-,20+,28?,29-/m0/s1. The number of amides is 1. The molecular formula is C32H38ClFN6O3. The van der Waals surface area contributed by atoms with Crippen LogP contribution in [-0.2, 0) is 4.79 Å². The van der Waals surface area contributed by atoms with E-state index in [2.05, 4.69) is 36.4 Å². The molecule has 0 saturated carbocycles. The number of phenolic OH excluding ortho intramolecular Hbond substituents is 1. The number of halogens is 2. The molecule has 43 heavy (non-hydrogen) atoms. The van der Waals surface area contributed by atoms with E-state index < -0.39 is 17.5 Å². The zero-order valence-corrected chi connectivity index (χ0v) is 26.1. The Hall–Kier alpha value is -3.76. The minimum Gasteiger partial charge on any atom is -0.507 e. The largest absolute Gasteiger partial charge is 0.507 e. The number of aromatic hydroxyl groups is 1. The highest BCUT2D eigenvalue weighted by molar-refractivity contribution is 6.34. The second-order valence-corrected chi connectivity index (χ2v) is 12.4. The van der Waals surface area contributed by atoms with Crippen LogP contribution in [0.4, 0.5) is 10.2 Å². The zero-order chi connectivity index (χ0) is 31.3. The van der Waals surface area contributed by atoms with Crippen molar-refractivity contribution >= 4 is 34.4 Å². The summed E-state index contributed by atoms with van der Waals surface area (Å²) >= 11 is 6.78. The van der Waals surface area contributed by atoms with Crippen molar-refractivity contribution in [3.63, 3.8) is 0 Å². The Morgan fingerprint density at radius 2 is 1.88 bits per heavy atom. The van der Waals surface area contributed by atoms with Gasteiger partial charge in [-0.25, -0.2) is 14.2 Å². The molecule has 9 nitrogen and oxygen atoms in total. The highest BCUT2D eigenvalue weighted by Crippen LogP contribution is 2.40. The molecule has 1 amide bonds. The maximum absolute atomic E-state index is 15.1. The first-order chi connectivity index (χ1) is 20.3. The lowest BCUT2D eigenvalue weighted by molar-refractivity contribution is -0.130. The maximum Gasteiger partial charge on any atom is 0.351 e. The van der Waals surface area contributed by atoms with Gasteiger partial charge in [0.25, 0.3) is 0 Å². The summed E-state index contributed by atoms with van der Waals surface area (Å²) in [7, 11) is 2.02. The lowest BCUT2D eigenvalue weighted by atomic mass is 9.87. The Kier molecular flexibility index (Phi) is 8.37. The molecule has 1 aromatic carbocycles. The highest BCUT2D eigenvalue weighted by Gasteiger charge is 2.38. The summed E-state index contributed by atoms with van der Waals surface area (Å²) in [5.41, 5.74) is 0.690. The van der Waals surface area contributed by atoms with Crippen molar-refractivity contribution < 1.29 is 14.3 Å². The molecule has 0 spiro atoms. The van der Waals surface area contributed by atoms with Gasteiger partial charge in [-0.3, -0.25) is 14.3 Å². The summed E-state index contributed by atoms with van der Waals surface area (Å²) in [5.74, 6) is -0.575. The van der Waals surface area contributed by atoms with Gasteiger partial charge < -0.3 is 14.9 Å². The van der Waals surface area contributed by atoms with Gasteiger partial charge >= 0.3 is 5.69 Å². The van der Waals surface area contributed by atoms with E-state index in [1.165, 1.54) is 24.3 Å². The van der Waals surface area contributed by atoms with Gasteiger partial charge in [0.2, 0.25) is 5.91 Å². The van der Waals surface area contributed by atoms with Crippen molar-refractivity contribution in [1.29, 1.82) is 0 Å². The molecule has 0 bridgehead atoms. The lowest BCUT2D eigenvalue weighted by Gasteiger charge is -2.45. The summed E-state index contributed by atoms with van der Waals surface area (Å²) in [4.78, 5) is 42.2. The number of pyridine rings is 1. The molecule has 0 radical (unpaired) electrons. The third kappa shape index (κ3) is 5.31. The smallest absolute Gasteiger partial charge is 0.351 e. The van der Waals surface area contributed by atoms with E-state index in [-0.39, 0.29) is 52.0 Å². The molecule has 228 valence electrons. The number of carbonyl (C=O) groups is 1. The minimum atomic E-state index is -0.684. The highest BCUT2D eigenvalue weighted by atomic mass is 35.5. The van der Waals surface area contributed by atoms with Crippen molar-refractivity contribution in [2.24, 2.45) is 5.92 Å². The average molecular weight is 609 g/mol. The molecule has 2 aromatic heterocycles. The van der Waals surface area contributed by atoms with E-state index in [0.29, 0.717) is 29.9 Å². The molecule has 2 aliphatic heterocycles. The van der Waals surface area contributed by atoms with Crippen LogP contribution in [-0.4, -0.2) is 80.2 Å². The van der Waals surface area contributed by atoms with Gasteiger partial charge in [-0.05, 0) is 58.0 Å². The molecular weight excluding hydrogens is 571 g/mol. The number of rotatable bonds is 5. The number of fused-ring (bicyclic) bond motifs is 1. The number of likely N-dealkylation sites (N-methyl/N-ethyl adjacent to an activating group) is 1. The van der Waals surface area contributed by atoms with E-state index in [1.54, 1.807) is 15.5 Å². The van der Waals surface area contributed by atoms with Crippen LogP contribution >= 0.6 is 11.6 Å². The van der Waals surface area contributed by atoms with Crippen LogP contribution < -0.4 is 10.6 Å². The van der Waals surface area contributed by atoms with E-state index in [9.17, 15) is 14.7 Å². The Morgan fingerprint density at radius 1 is 1.21 bits per heavy atom. The number of aromatic nitrogens is 3. The average Bonchev–Trinajstić information content (AvgIpc) is 2.93. The van der Waals surface area contributed by atoms with E-state index in [4.69, 9.17) is 16.6 Å². The Bertz CT molecular complexity index is 1660. The molecule has 1 unspecified atom stereocenters. The van der Waals surface area contributed by atoms with Crippen LogP contribution in [0.1, 0.15) is 40.7 Å². The van der Waals surface area contributed by atoms with Crippen LogP contribution in [0.2, 0.25) is 5.02 Å². The predicted molar refractivity (Wildman–Crippen MR) is 168 cm³/mol. The summed E-state index contributed by atoms with van der Waals surface area (Å²) in [6.45, 7) is 15.3. The molecule has 1 fully saturated rings. The van der Waals surface area contributed by atoms with Crippen molar-refractivity contribution in [3.8, 4) is 17.0 Å². The number of anilines is 1. The molecule has 0 aliphatic carbocycles. The molecule has 1 saturated heterocycles. The van der Waals surface area contributed by atoms with E-state index in [1.807, 2.05) is 32.7 Å². The molecule has 2 aliphatic rings. The second-order valence-electron chi connectivity index (χ2n) is 12.0. The topological polar surface area (TPSA) is 94.8 Å². The number of carbonyl (C=O) groups excluding carboxylic acids is 1. The summed E-state index contributed by atoms with van der Waals surface area (Å²) in [5, 5.41) is 11.3. The van der Waals surface area contributed by atoms with E-state index in [0.717, 1.165) is 12.1 Å². The minimum absolute atomic E-state index is 0.0325. The number of nitrogens with zero attached hydrogens (tertiary/aromatic N) is 6. The van der Waals surface area contributed by atoms with Gasteiger partial charge in [-0.15, -0.1) is 0 Å². The number of phenols is 1. The Balaban J connectivity index is 1.80. The van der Waals surface area contributed by atoms with Crippen molar-refractivity contribution in [2.45, 2.75) is 58.8 Å². The second kappa shape index (κ2) is 11.7. The number of hydrogen-bond donors (Lipinski definition) is 1. The van der Waals surface area contributed by atoms with Crippen LogP contribution in [0.25, 0.3) is 22.3 Å². The molecule has 5 rings (SSSR count). The third-order valence-corrected chi connectivity index (χ3v) is 8.96. The number of benzene rings is 1. The van der Waals surface area contributed by atoms with Gasteiger partial charge in [0.1, 0.15) is 23.0 Å². The van der Waals surface area contributed by atoms with Gasteiger partial charge in [0, 0.05) is 37.8 Å². The first-order valence-corrected chi connectivity index (χ1v) is 14.9. The van der Waals surface area contributed by atoms with Crippen LogP contribution in [0.5, 0.6) is 5.75 Å². The Morgan fingerprint density at radius 3 is 2.49 bits per heavy atom. The Labute approximate surface area is 255 Å². The zero-order valence-electron chi connectivity index (χ0n) is 25.4. The number of piperazine rings is 1. The normalized spacial score (nSPS) is 23.1. The molecule has 1 N–H and O–H groups in total. The van der Waals surface area contributed by atoms with Gasteiger partial charge in [0.15, 0.2) is 0 Å². The fraction of sp³-hybridized carbons (Fsp3) is 0.438. The van der Waals surface area contributed by atoms with Crippen molar-refractivity contribution in [2.75, 3.05) is 31.6 Å². The monoisotopic (exact) mass is 608 g/mol. The van der Waals surface area contributed by atoms with Gasteiger partial charge in [-0.2, -0.15) is 4.98 Å². The summed E-state index contributed by atoms with van der Waals surface area (Å²) in [6, 6.07) is 4.84. The first kappa shape index (κ1) is 30.7. The van der Waals surface area contributed by atoms with Crippen molar-refractivity contribution in [3.05, 3.63) is 69.9 Å². The lowest BCUT2D eigenvalue weighted by Crippen LogP contribution is -2.59.